The summed E-state index contributed by atoms with van der Waals surface area (Å²) in [5.41, 5.74) is 5.36. The second-order valence-corrected chi connectivity index (χ2v) is 5.91. The van der Waals surface area contributed by atoms with E-state index in [2.05, 4.69) is 5.32 Å². The van der Waals surface area contributed by atoms with Gasteiger partial charge >= 0.3 is 0 Å². The molecular formula is C11H16N2O4S. The second kappa shape index (κ2) is 5.83. The molecule has 0 atom stereocenters. The van der Waals surface area contributed by atoms with Gasteiger partial charge in [-0.1, -0.05) is 0 Å². The van der Waals surface area contributed by atoms with E-state index in [4.69, 9.17) is 5.73 Å². The van der Waals surface area contributed by atoms with Gasteiger partial charge in [0.1, 0.15) is 5.75 Å². The van der Waals surface area contributed by atoms with Crippen LogP contribution in [-0.4, -0.2) is 32.2 Å². The van der Waals surface area contributed by atoms with Gasteiger partial charge in [0.2, 0.25) is 5.91 Å². The maximum absolute atomic E-state index is 11.5. The number of anilines is 1. The summed E-state index contributed by atoms with van der Waals surface area (Å²) in [6.45, 7) is 0.392. The third kappa shape index (κ3) is 4.01. The number of hydrogen-bond donors (Lipinski definition) is 3. The Balaban J connectivity index is 2.92. The Bertz CT molecular complexity index is 540. The predicted molar refractivity (Wildman–Crippen MR) is 68.1 cm³/mol. The standard InChI is InChI=1S/C11H16N2O4S/c1-18(16,17)8-4-5-10(14)9(7-8)13-11(15)3-2-6-12/h4-5,7,14H,2-3,6,12H2,1H3,(H,13,15). The molecule has 0 saturated carbocycles. The minimum Gasteiger partial charge on any atom is -0.506 e. The number of rotatable bonds is 5. The monoisotopic (exact) mass is 272 g/mol. The molecule has 0 aromatic heterocycles. The van der Waals surface area contributed by atoms with Crippen molar-refractivity contribution < 1.29 is 18.3 Å². The van der Waals surface area contributed by atoms with Crippen molar-refractivity contribution >= 4 is 21.4 Å². The Kier molecular flexibility index (Phi) is 4.69. The normalized spacial score (nSPS) is 11.2. The number of sulfone groups is 1. The zero-order valence-corrected chi connectivity index (χ0v) is 10.8. The van der Waals surface area contributed by atoms with Gasteiger partial charge in [-0.2, -0.15) is 0 Å². The molecule has 6 nitrogen and oxygen atoms in total. The lowest BCUT2D eigenvalue weighted by Gasteiger charge is -2.08. The van der Waals surface area contributed by atoms with Crippen LogP contribution in [0.3, 0.4) is 0 Å². The lowest BCUT2D eigenvalue weighted by atomic mass is 10.2. The molecule has 18 heavy (non-hydrogen) atoms. The SMILES string of the molecule is CS(=O)(=O)c1ccc(O)c(NC(=O)CCCN)c1. The molecule has 1 aromatic carbocycles. The van der Waals surface area contributed by atoms with Crippen LogP contribution in [0, 0.1) is 0 Å². The minimum absolute atomic E-state index is 0.0365. The zero-order valence-electron chi connectivity index (χ0n) is 10.0. The molecule has 0 saturated heterocycles. The van der Waals surface area contributed by atoms with Gasteiger partial charge in [-0.15, -0.1) is 0 Å². The number of benzene rings is 1. The largest absolute Gasteiger partial charge is 0.506 e. The summed E-state index contributed by atoms with van der Waals surface area (Å²) in [6.07, 6.45) is 1.80. The number of hydrogen-bond acceptors (Lipinski definition) is 5. The van der Waals surface area contributed by atoms with Crippen molar-refractivity contribution in [2.45, 2.75) is 17.7 Å². The number of nitrogens with two attached hydrogens (primary N) is 1. The first-order valence-electron chi connectivity index (χ1n) is 5.37. The Labute approximate surface area is 106 Å². The summed E-state index contributed by atoms with van der Waals surface area (Å²) in [7, 11) is -3.38. The van der Waals surface area contributed by atoms with Crippen molar-refractivity contribution in [1.29, 1.82) is 0 Å². The van der Waals surface area contributed by atoms with Crippen LogP contribution < -0.4 is 11.1 Å². The third-order valence-corrected chi connectivity index (χ3v) is 3.39. The molecule has 4 N–H and O–H groups in total. The maximum Gasteiger partial charge on any atom is 0.224 e. The lowest BCUT2D eigenvalue weighted by Crippen LogP contribution is -2.13. The smallest absolute Gasteiger partial charge is 0.224 e. The molecule has 0 heterocycles. The number of amides is 1. The number of nitrogens with one attached hydrogen (secondary N) is 1. The van der Waals surface area contributed by atoms with Crippen molar-refractivity contribution in [2.24, 2.45) is 5.73 Å². The van der Waals surface area contributed by atoms with Crippen LogP contribution in [0.25, 0.3) is 0 Å². The molecule has 0 radical (unpaired) electrons. The average Bonchev–Trinajstić information content (AvgIpc) is 2.28. The molecule has 0 aliphatic rings. The van der Waals surface area contributed by atoms with E-state index in [-0.39, 0.29) is 28.7 Å². The quantitative estimate of drug-likeness (QED) is 0.675. The van der Waals surface area contributed by atoms with E-state index in [1.165, 1.54) is 18.2 Å². The van der Waals surface area contributed by atoms with Crippen LogP contribution in [0.15, 0.2) is 23.1 Å². The van der Waals surface area contributed by atoms with Crippen LogP contribution in [0.1, 0.15) is 12.8 Å². The first-order chi connectivity index (χ1) is 8.34. The Morgan fingerprint density at radius 2 is 2.11 bits per heavy atom. The van der Waals surface area contributed by atoms with E-state index >= 15 is 0 Å². The molecule has 1 amide bonds. The van der Waals surface area contributed by atoms with E-state index in [1.54, 1.807) is 0 Å². The van der Waals surface area contributed by atoms with Crippen molar-refractivity contribution in [1.82, 2.24) is 0 Å². The van der Waals surface area contributed by atoms with Gasteiger partial charge in [-0.05, 0) is 31.2 Å². The summed E-state index contributed by atoms with van der Waals surface area (Å²) < 4.78 is 22.7. The van der Waals surface area contributed by atoms with Gasteiger partial charge in [-0.25, -0.2) is 8.42 Å². The van der Waals surface area contributed by atoms with E-state index < -0.39 is 9.84 Å². The zero-order chi connectivity index (χ0) is 13.8. The summed E-state index contributed by atoms with van der Waals surface area (Å²) in [6, 6.07) is 3.74. The number of carbonyl (C=O) groups is 1. The highest BCUT2D eigenvalue weighted by Crippen LogP contribution is 2.26. The van der Waals surface area contributed by atoms with Crippen molar-refractivity contribution in [3.63, 3.8) is 0 Å². The number of phenolic OH excluding ortho intramolecular Hbond substituents is 1. The van der Waals surface area contributed by atoms with Gasteiger partial charge < -0.3 is 16.2 Å². The van der Waals surface area contributed by atoms with Crippen LogP contribution >= 0.6 is 0 Å². The Hall–Kier alpha value is -1.60. The molecule has 0 unspecified atom stereocenters. The van der Waals surface area contributed by atoms with Crippen LogP contribution in [-0.2, 0) is 14.6 Å². The van der Waals surface area contributed by atoms with E-state index in [0.717, 1.165) is 6.26 Å². The van der Waals surface area contributed by atoms with E-state index in [1.807, 2.05) is 0 Å². The highest BCUT2D eigenvalue weighted by atomic mass is 32.2. The summed E-state index contributed by atoms with van der Waals surface area (Å²) in [4.78, 5) is 11.5. The fourth-order valence-electron chi connectivity index (χ4n) is 1.32. The fraction of sp³-hybridized carbons (Fsp3) is 0.364. The van der Waals surface area contributed by atoms with Crippen LogP contribution in [0.4, 0.5) is 5.69 Å². The predicted octanol–water partition coefficient (Wildman–Crippen LogP) is 0.473. The first kappa shape index (κ1) is 14.5. The van der Waals surface area contributed by atoms with Crippen molar-refractivity contribution in [2.75, 3.05) is 18.1 Å². The highest BCUT2D eigenvalue weighted by molar-refractivity contribution is 7.90. The Morgan fingerprint density at radius 3 is 2.67 bits per heavy atom. The van der Waals surface area contributed by atoms with Gasteiger partial charge in [0.05, 0.1) is 10.6 Å². The molecule has 100 valence electrons. The van der Waals surface area contributed by atoms with Gasteiger partial charge in [0.25, 0.3) is 0 Å². The molecule has 0 fully saturated rings. The van der Waals surface area contributed by atoms with E-state index in [9.17, 15) is 18.3 Å². The Morgan fingerprint density at radius 1 is 1.44 bits per heavy atom. The first-order valence-corrected chi connectivity index (χ1v) is 7.26. The van der Waals surface area contributed by atoms with Crippen LogP contribution in [0.2, 0.25) is 0 Å². The van der Waals surface area contributed by atoms with Crippen molar-refractivity contribution in [3.05, 3.63) is 18.2 Å². The average molecular weight is 272 g/mol. The third-order valence-electron chi connectivity index (χ3n) is 2.28. The highest BCUT2D eigenvalue weighted by Gasteiger charge is 2.12. The summed E-state index contributed by atoms with van der Waals surface area (Å²) in [5.74, 6) is -0.495. The van der Waals surface area contributed by atoms with Gasteiger partial charge in [0.15, 0.2) is 9.84 Å². The molecule has 7 heteroatoms. The van der Waals surface area contributed by atoms with Crippen molar-refractivity contribution in [3.8, 4) is 5.75 Å². The lowest BCUT2D eigenvalue weighted by molar-refractivity contribution is -0.116. The minimum atomic E-state index is -3.38. The molecule has 0 bridgehead atoms. The number of carbonyl (C=O) groups excluding carboxylic acids is 1. The number of aromatic hydroxyl groups is 1. The summed E-state index contributed by atoms with van der Waals surface area (Å²) in [5, 5.41) is 12.0. The van der Waals surface area contributed by atoms with Gasteiger partial charge in [-0.3, -0.25) is 4.79 Å². The van der Waals surface area contributed by atoms with Gasteiger partial charge in [0, 0.05) is 12.7 Å². The summed E-state index contributed by atoms with van der Waals surface area (Å²) >= 11 is 0. The second-order valence-electron chi connectivity index (χ2n) is 3.89. The molecule has 0 aliphatic heterocycles. The molecular weight excluding hydrogens is 256 g/mol. The van der Waals surface area contributed by atoms with Crippen LogP contribution in [0.5, 0.6) is 5.75 Å². The molecule has 0 spiro atoms. The fourth-order valence-corrected chi connectivity index (χ4v) is 1.97. The van der Waals surface area contributed by atoms with E-state index in [0.29, 0.717) is 13.0 Å². The molecule has 1 aromatic rings. The molecule has 0 aliphatic carbocycles. The maximum atomic E-state index is 11.5. The topological polar surface area (TPSA) is 109 Å². The number of phenols is 1. The molecule has 1 rings (SSSR count).